The molecule has 4 heteroatoms. The molecule has 0 aromatic carbocycles. The van der Waals surface area contributed by atoms with Crippen LogP contribution >= 0.6 is 0 Å². The lowest BCUT2D eigenvalue weighted by Crippen LogP contribution is -1.94. The molecule has 0 amide bonds. The fourth-order valence-electron chi connectivity index (χ4n) is 1.08. The largest absolute Gasteiger partial charge is 0.273 e. The monoisotopic (exact) mass is 165 g/mol. The maximum absolute atomic E-state index is 12.9. The van der Waals surface area contributed by atoms with Crippen LogP contribution in [0.4, 0.5) is 4.39 Å². The van der Waals surface area contributed by atoms with Crippen LogP contribution in [0.1, 0.15) is 12.6 Å². The molecule has 0 atom stereocenters. The third-order valence-corrected chi connectivity index (χ3v) is 1.77. The van der Waals surface area contributed by atoms with Crippen LogP contribution < -0.4 is 0 Å². The minimum absolute atomic E-state index is 0.345. The lowest BCUT2D eigenvalue weighted by Gasteiger charge is -1.96. The molecule has 0 aliphatic carbocycles. The van der Waals surface area contributed by atoms with Crippen LogP contribution in [0.2, 0.25) is 0 Å². The standard InChI is InChI=1S/C8H8FN3/c1-2-6-5-12-7(9)3-11-8(12)4-10-6/h3-5H,2H2,1H3. The highest BCUT2D eigenvalue weighted by Crippen LogP contribution is 2.04. The molecule has 0 spiro atoms. The number of hydrogen-bond acceptors (Lipinski definition) is 2. The van der Waals surface area contributed by atoms with E-state index >= 15 is 0 Å². The van der Waals surface area contributed by atoms with Crippen molar-refractivity contribution in [2.45, 2.75) is 13.3 Å². The highest BCUT2D eigenvalue weighted by molar-refractivity contribution is 5.35. The van der Waals surface area contributed by atoms with Gasteiger partial charge in [0.2, 0.25) is 5.95 Å². The van der Waals surface area contributed by atoms with E-state index in [9.17, 15) is 4.39 Å². The minimum Gasteiger partial charge on any atom is -0.273 e. The summed E-state index contributed by atoms with van der Waals surface area (Å²) >= 11 is 0. The summed E-state index contributed by atoms with van der Waals surface area (Å²) in [5.74, 6) is -0.345. The number of aromatic nitrogens is 3. The van der Waals surface area contributed by atoms with Gasteiger partial charge in [0.1, 0.15) is 0 Å². The average Bonchev–Trinajstić information content (AvgIpc) is 2.47. The van der Waals surface area contributed by atoms with Gasteiger partial charge in [-0.1, -0.05) is 6.92 Å². The minimum atomic E-state index is -0.345. The zero-order valence-electron chi connectivity index (χ0n) is 6.66. The first-order chi connectivity index (χ1) is 5.81. The second-order valence-corrected chi connectivity index (χ2v) is 2.54. The number of aryl methyl sites for hydroxylation is 1. The maximum atomic E-state index is 12.9. The summed E-state index contributed by atoms with van der Waals surface area (Å²) in [6, 6.07) is 0. The van der Waals surface area contributed by atoms with Crippen LogP contribution in [-0.2, 0) is 6.42 Å². The van der Waals surface area contributed by atoms with Crippen molar-refractivity contribution in [3.8, 4) is 0 Å². The molecule has 0 aliphatic rings. The number of halogens is 1. The SMILES string of the molecule is CCc1cn2c(F)cnc2cn1. The Balaban J connectivity index is 2.71. The Morgan fingerprint density at radius 1 is 1.42 bits per heavy atom. The molecule has 12 heavy (non-hydrogen) atoms. The van der Waals surface area contributed by atoms with Gasteiger partial charge in [0, 0.05) is 6.20 Å². The molecule has 3 nitrogen and oxygen atoms in total. The summed E-state index contributed by atoms with van der Waals surface area (Å²) in [4.78, 5) is 7.91. The summed E-state index contributed by atoms with van der Waals surface area (Å²) < 4.78 is 14.3. The average molecular weight is 165 g/mol. The molecule has 2 aromatic rings. The number of imidazole rings is 1. The number of rotatable bonds is 1. The summed E-state index contributed by atoms with van der Waals surface area (Å²) in [6.45, 7) is 1.98. The van der Waals surface area contributed by atoms with E-state index < -0.39 is 0 Å². The van der Waals surface area contributed by atoms with Crippen LogP contribution in [0.25, 0.3) is 5.65 Å². The number of nitrogens with zero attached hydrogens (tertiary/aromatic N) is 3. The zero-order valence-corrected chi connectivity index (χ0v) is 6.66. The second-order valence-electron chi connectivity index (χ2n) is 2.54. The van der Waals surface area contributed by atoms with Crippen molar-refractivity contribution in [3.63, 3.8) is 0 Å². The molecule has 2 aromatic heterocycles. The van der Waals surface area contributed by atoms with Gasteiger partial charge in [0.25, 0.3) is 0 Å². The van der Waals surface area contributed by atoms with E-state index in [1.54, 1.807) is 12.4 Å². The Bertz CT molecular complexity index is 408. The van der Waals surface area contributed by atoms with E-state index in [-0.39, 0.29) is 5.95 Å². The van der Waals surface area contributed by atoms with Crippen LogP contribution in [0.15, 0.2) is 18.6 Å². The zero-order chi connectivity index (χ0) is 8.55. The van der Waals surface area contributed by atoms with Gasteiger partial charge in [-0.3, -0.25) is 9.38 Å². The third kappa shape index (κ3) is 0.958. The molecule has 2 rings (SSSR count). The number of fused-ring (bicyclic) bond motifs is 1. The quantitative estimate of drug-likeness (QED) is 0.639. The first-order valence-corrected chi connectivity index (χ1v) is 3.78. The maximum Gasteiger partial charge on any atom is 0.218 e. The number of hydrogen-bond donors (Lipinski definition) is 0. The third-order valence-electron chi connectivity index (χ3n) is 1.77. The van der Waals surface area contributed by atoms with E-state index in [2.05, 4.69) is 9.97 Å². The Morgan fingerprint density at radius 3 is 3.00 bits per heavy atom. The van der Waals surface area contributed by atoms with Gasteiger partial charge in [0.15, 0.2) is 5.65 Å². The molecule has 62 valence electrons. The van der Waals surface area contributed by atoms with Crippen molar-refractivity contribution in [1.29, 1.82) is 0 Å². The smallest absolute Gasteiger partial charge is 0.218 e. The summed E-state index contributed by atoms with van der Waals surface area (Å²) in [5, 5.41) is 0. The molecule has 0 saturated heterocycles. The van der Waals surface area contributed by atoms with Crippen molar-refractivity contribution in [1.82, 2.24) is 14.4 Å². The van der Waals surface area contributed by atoms with Crippen LogP contribution in [-0.4, -0.2) is 14.4 Å². The lowest BCUT2D eigenvalue weighted by molar-refractivity contribution is 0.571. The van der Waals surface area contributed by atoms with Gasteiger partial charge >= 0.3 is 0 Å². The molecule has 0 radical (unpaired) electrons. The topological polar surface area (TPSA) is 30.2 Å². The summed E-state index contributed by atoms with van der Waals surface area (Å²) in [7, 11) is 0. The van der Waals surface area contributed by atoms with Crippen molar-refractivity contribution >= 4 is 5.65 Å². The van der Waals surface area contributed by atoms with E-state index in [1.807, 2.05) is 6.92 Å². The summed E-state index contributed by atoms with van der Waals surface area (Å²) in [6.07, 6.45) is 5.23. The van der Waals surface area contributed by atoms with Crippen molar-refractivity contribution in [3.05, 3.63) is 30.2 Å². The Morgan fingerprint density at radius 2 is 2.25 bits per heavy atom. The first-order valence-electron chi connectivity index (χ1n) is 3.78. The predicted octanol–water partition coefficient (Wildman–Crippen LogP) is 1.43. The van der Waals surface area contributed by atoms with E-state index in [0.717, 1.165) is 12.1 Å². The van der Waals surface area contributed by atoms with Crippen molar-refractivity contribution < 1.29 is 4.39 Å². The van der Waals surface area contributed by atoms with Gasteiger partial charge in [-0.15, -0.1) is 0 Å². The predicted molar refractivity (Wildman–Crippen MR) is 42.3 cm³/mol. The van der Waals surface area contributed by atoms with E-state index in [4.69, 9.17) is 0 Å². The van der Waals surface area contributed by atoms with E-state index in [1.165, 1.54) is 10.6 Å². The van der Waals surface area contributed by atoms with Crippen LogP contribution in [0, 0.1) is 5.95 Å². The van der Waals surface area contributed by atoms with Gasteiger partial charge in [0.05, 0.1) is 18.1 Å². The molecule has 0 saturated carbocycles. The molecule has 0 fully saturated rings. The lowest BCUT2D eigenvalue weighted by atomic mass is 10.3. The molecular formula is C8H8FN3. The molecule has 0 N–H and O–H groups in total. The van der Waals surface area contributed by atoms with E-state index in [0.29, 0.717) is 5.65 Å². The Kier molecular flexibility index (Phi) is 1.53. The summed E-state index contributed by atoms with van der Waals surface area (Å²) in [5.41, 5.74) is 1.41. The van der Waals surface area contributed by atoms with Crippen LogP contribution in [0.5, 0.6) is 0 Å². The molecule has 0 bridgehead atoms. The van der Waals surface area contributed by atoms with Gasteiger partial charge in [-0.25, -0.2) is 4.98 Å². The normalized spacial score (nSPS) is 10.8. The van der Waals surface area contributed by atoms with Crippen molar-refractivity contribution in [2.24, 2.45) is 0 Å². The van der Waals surface area contributed by atoms with Crippen molar-refractivity contribution in [2.75, 3.05) is 0 Å². The highest BCUT2D eigenvalue weighted by Gasteiger charge is 2.01. The van der Waals surface area contributed by atoms with Gasteiger partial charge in [-0.2, -0.15) is 4.39 Å². The fourth-order valence-corrected chi connectivity index (χ4v) is 1.08. The molecule has 0 unspecified atom stereocenters. The fraction of sp³-hybridized carbons (Fsp3) is 0.250. The van der Waals surface area contributed by atoms with Gasteiger partial charge < -0.3 is 0 Å². The Hall–Kier alpha value is -1.45. The Labute approximate surface area is 68.9 Å². The first kappa shape index (κ1) is 7.21. The molecular weight excluding hydrogens is 157 g/mol. The van der Waals surface area contributed by atoms with Crippen LogP contribution in [0.3, 0.4) is 0 Å². The second kappa shape index (κ2) is 2.55. The molecule has 2 heterocycles. The highest BCUT2D eigenvalue weighted by atomic mass is 19.1. The van der Waals surface area contributed by atoms with Gasteiger partial charge in [-0.05, 0) is 6.42 Å². The molecule has 0 aliphatic heterocycles.